The van der Waals surface area contributed by atoms with Crippen molar-refractivity contribution in [1.82, 2.24) is 9.61 Å². The maximum absolute atomic E-state index is 11.2. The number of carboxylic acid groups (broad SMARTS) is 1. The minimum absolute atomic E-state index is 0.156. The zero-order chi connectivity index (χ0) is 20.3. The van der Waals surface area contributed by atoms with E-state index in [1.165, 1.54) is 7.11 Å². The van der Waals surface area contributed by atoms with E-state index < -0.39 is 6.09 Å². The van der Waals surface area contributed by atoms with Crippen molar-refractivity contribution < 1.29 is 28.8 Å². The molecule has 0 bridgehead atoms. The van der Waals surface area contributed by atoms with E-state index in [4.69, 9.17) is 24.1 Å². The third-order valence-electron chi connectivity index (χ3n) is 4.18. The van der Waals surface area contributed by atoms with Gasteiger partial charge in [0.05, 0.1) is 44.7 Å². The van der Waals surface area contributed by atoms with Gasteiger partial charge in [-0.2, -0.15) is 0 Å². The van der Waals surface area contributed by atoms with Crippen molar-refractivity contribution in [3.8, 4) is 28.6 Å². The Bertz CT molecular complexity index is 989. The summed E-state index contributed by atoms with van der Waals surface area (Å²) in [5.74, 6) is 1.30. The lowest BCUT2D eigenvalue weighted by molar-refractivity contribution is 0.184. The van der Waals surface area contributed by atoms with Crippen molar-refractivity contribution in [3.63, 3.8) is 0 Å². The summed E-state index contributed by atoms with van der Waals surface area (Å²) in [6, 6.07) is 9.08. The van der Waals surface area contributed by atoms with Gasteiger partial charge < -0.3 is 24.1 Å². The lowest BCUT2D eigenvalue weighted by Crippen LogP contribution is -2.07. The Morgan fingerprint density at radius 1 is 1.11 bits per heavy atom. The zero-order valence-electron chi connectivity index (χ0n) is 16.0. The van der Waals surface area contributed by atoms with Crippen LogP contribution in [0.1, 0.15) is 5.56 Å². The number of carbonyl (C=O) groups is 1. The highest BCUT2D eigenvalue weighted by Gasteiger charge is 2.22. The van der Waals surface area contributed by atoms with Crippen LogP contribution in [0.3, 0.4) is 0 Å². The van der Waals surface area contributed by atoms with Crippen molar-refractivity contribution >= 4 is 17.3 Å². The summed E-state index contributed by atoms with van der Waals surface area (Å²) in [6.45, 7) is 0.402. The molecule has 0 saturated heterocycles. The molecule has 0 aliphatic heterocycles. The average molecular weight is 387 g/mol. The monoisotopic (exact) mass is 387 g/mol. The number of anilines is 1. The van der Waals surface area contributed by atoms with Gasteiger partial charge in [0, 0.05) is 7.11 Å². The normalized spacial score (nSPS) is 10.7. The Morgan fingerprint density at radius 3 is 2.32 bits per heavy atom. The summed E-state index contributed by atoms with van der Waals surface area (Å²) < 4.78 is 23.2. The average Bonchev–Trinajstić information content (AvgIpc) is 3.04. The number of ether oxygens (including phenoxy) is 4. The van der Waals surface area contributed by atoms with E-state index in [2.05, 4.69) is 10.4 Å². The molecule has 9 nitrogen and oxygen atoms in total. The van der Waals surface area contributed by atoms with Crippen LogP contribution in [-0.2, 0) is 11.3 Å². The third kappa shape index (κ3) is 3.39. The number of hydrogen-bond acceptors (Lipinski definition) is 6. The molecule has 0 aliphatic carbocycles. The lowest BCUT2D eigenvalue weighted by atomic mass is 10.0. The first-order chi connectivity index (χ1) is 13.5. The molecule has 28 heavy (non-hydrogen) atoms. The molecule has 0 aliphatic rings. The molecule has 0 radical (unpaired) electrons. The van der Waals surface area contributed by atoms with E-state index in [0.29, 0.717) is 34.9 Å². The van der Waals surface area contributed by atoms with Crippen molar-refractivity contribution in [2.75, 3.05) is 33.8 Å². The second-order valence-electron chi connectivity index (χ2n) is 5.83. The van der Waals surface area contributed by atoms with Gasteiger partial charge in [0.1, 0.15) is 17.2 Å². The van der Waals surface area contributed by atoms with Crippen molar-refractivity contribution in [3.05, 3.63) is 35.9 Å². The third-order valence-corrected chi connectivity index (χ3v) is 4.18. The molecule has 0 fully saturated rings. The summed E-state index contributed by atoms with van der Waals surface area (Å²) in [5, 5.41) is 15.9. The largest absolute Gasteiger partial charge is 0.496 e. The second-order valence-corrected chi connectivity index (χ2v) is 5.83. The van der Waals surface area contributed by atoms with Crippen molar-refractivity contribution in [2.45, 2.75) is 6.61 Å². The summed E-state index contributed by atoms with van der Waals surface area (Å²) in [5.41, 5.74) is 2.99. The van der Waals surface area contributed by atoms with Crippen LogP contribution in [0.5, 0.6) is 17.4 Å². The molecule has 3 aromatic rings. The first-order valence-electron chi connectivity index (χ1n) is 8.33. The number of rotatable bonds is 7. The first kappa shape index (κ1) is 19.3. The van der Waals surface area contributed by atoms with Crippen LogP contribution in [0, 0.1) is 0 Å². The first-order valence-corrected chi connectivity index (χ1v) is 8.33. The van der Waals surface area contributed by atoms with E-state index in [-0.39, 0.29) is 11.6 Å². The number of amides is 1. The van der Waals surface area contributed by atoms with Crippen LogP contribution in [0.2, 0.25) is 0 Å². The summed E-state index contributed by atoms with van der Waals surface area (Å²) >= 11 is 0. The fourth-order valence-corrected chi connectivity index (χ4v) is 3.07. The fraction of sp³-hybridized carbons (Fsp3) is 0.263. The number of fused-ring (bicyclic) bond motifs is 1. The Hall–Kier alpha value is -3.46. The number of nitrogens with one attached hydrogen (secondary N) is 1. The molecule has 2 aromatic heterocycles. The molecule has 3 rings (SSSR count). The minimum Gasteiger partial charge on any atom is -0.496 e. The van der Waals surface area contributed by atoms with Crippen molar-refractivity contribution in [1.29, 1.82) is 0 Å². The van der Waals surface area contributed by atoms with Crippen LogP contribution in [-0.4, -0.2) is 49.3 Å². The Labute approximate surface area is 161 Å². The highest BCUT2D eigenvalue weighted by atomic mass is 16.5. The molecule has 1 aromatic carbocycles. The molecule has 0 atom stereocenters. The maximum atomic E-state index is 11.2. The molecular formula is C19H21N3O6. The summed E-state index contributed by atoms with van der Waals surface area (Å²) in [6.07, 6.45) is -1.21. The SMILES string of the molecule is COCc1cc(OC)c(-c2cccc3c(NC(=O)O)c(OC)nn23)c(OC)c1. The standard InChI is InChI=1S/C19H21N3O6/c1-25-10-11-8-14(26-2)16(15(9-11)27-3)12-6-5-7-13-17(20-19(23)24)18(28-4)21-22(12)13/h5-9,20H,10H2,1-4H3,(H,23,24). The predicted molar refractivity (Wildman–Crippen MR) is 103 cm³/mol. The Balaban J connectivity index is 2.29. The molecule has 9 heteroatoms. The molecule has 2 N–H and O–H groups in total. The predicted octanol–water partition coefficient (Wildman–Crippen LogP) is 3.26. The molecule has 0 spiro atoms. The molecule has 148 valence electrons. The number of pyridine rings is 1. The van der Waals surface area contributed by atoms with Gasteiger partial charge in [0.2, 0.25) is 0 Å². The van der Waals surface area contributed by atoms with Gasteiger partial charge in [-0.3, -0.25) is 5.32 Å². The molecule has 1 amide bonds. The fourth-order valence-electron chi connectivity index (χ4n) is 3.07. The van der Waals surface area contributed by atoms with Gasteiger partial charge in [-0.25, -0.2) is 9.31 Å². The lowest BCUT2D eigenvalue weighted by Gasteiger charge is -2.16. The molecular weight excluding hydrogens is 366 g/mol. The van der Waals surface area contributed by atoms with Gasteiger partial charge >= 0.3 is 6.09 Å². The number of hydrogen-bond donors (Lipinski definition) is 2. The number of benzene rings is 1. The molecule has 0 saturated carbocycles. The van der Waals surface area contributed by atoms with E-state index in [9.17, 15) is 4.79 Å². The summed E-state index contributed by atoms with van der Waals surface area (Å²) in [4.78, 5) is 11.2. The maximum Gasteiger partial charge on any atom is 0.409 e. The number of nitrogens with zero attached hydrogens (tertiary/aromatic N) is 2. The van der Waals surface area contributed by atoms with Gasteiger partial charge in [-0.1, -0.05) is 6.07 Å². The highest BCUT2D eigenvalue weighted by molar-refractivity contribution is 5.93. The van der Waals surface area contributed by atoms with Crippen LogP contribution in [0.15, 0.2) is 30.3 Å². The van der Waals surface area contributed by atoms with Crippen LogP contribution >= 0.6 is 0 Å². The van der Waals surface area contributed by atoms with Crippen LogP contribution in [0.25, 0.3) is 16.8 Å². The van der Waals surface area contributed by atoms with Gasteiger partial charge in [0.25, 0.3) is 5.88 Å². The Morgan fingerprint density at radius 2 is 1.79 bits per heavy atom. The van der Waals surface area contributed by atoms with Gasteiger partial charge in [0.15, 0.2) is 0 Å². The number of methoxy groups -OCH3 is 4. The second kappa shape index (κ2) is 8.05. The quantitative estimate of drug-likeness (QED) is 0.641. The van der Waals surface area contributed by atoms with E-state index in [1.807, 2.05) is 18.2 Å². The van der Waals surface area contributed by atoms with E-state index in [0.717, 1.165) is 5.56 Å². The van der Waals surface area contributed by atoms with E-state index in [1.54, 1.807) is 38.0 Å². The highest BCUT2D eigenvalue weighted by Crippen LogP contribution is 2.41. The minimum atomic E-state index is -1.21. The zero-order valence-corrected chi connectivity index (χ0v) is 16.0. The summed E-state index contributed by atoms with van der Waals surface area (Å²) in [7, 11) is 6.17. The van der Waals surface area contributed by atoms with Crippen LogP contribution < -0.4 is 19.5 Å². The van der Waals surface area contributed by atoms with Crippen molar-refractivity contribution in [2.24, 2.45) is 0 Å². The van der Waals surface area contributed by atoms with Gasteiger partial charge in [-0.05, 0) is 29.8 Å². The van der Waals surface area contributed by atoms with Gasteiger partial charge in [-0.15, -0.1) is 5.10 Å². The van der Waals surface area contributed by atoms with E-state index >= 15 is 0 Å². The van der Waals surface area contributed by atoms with Crippen LogP contribution in [0.4, 0.5) is 10.5 Å². The molecule has 0 unspecified atom stereocenters. The topological polar surface area (TPSA) is 104 Å². The Kier molecular flexibility index (Phi) is 5.55. The molecule has 2 heterocycles. The smallest absolute Gasteiger partial charge is 0.409 e. The number of aromatic nitrogens is 2.